The first kappa shape index (κ1) is 12.0. The maximum absolute atomic E-state index is 5.59. The zero-order valence-corrected chi connectivity index (χ0v) is 10.0. The van der Waals surface area contributed by atoms with Gasteiger partial charge in [-0.25, -0.2) is 0 Å². The van der Waals surface area contributed by atoms with E-state index in [1.54, 1.807) is 0 Å². The Balaban J connectivity index is 2.51. The summed E-state index contributed by atoms with van der Waals surface area (Å²) in [6.07, 6.45) is 3.28. The van der Waals surface area contributed by atoms with Gasteiger partial charge in [0.05, 0.1) is 6.54 Å². The lowest BCUT2D eigenvalue weighted by atomic mass is 10.2. The lowest BCUT2D eigenvalue weighted by Gasteiger charge is -2.02. The predicted octanol–water partition coefficient (Wildman–Crippen LogP) is 2.69. The first-order valence-corrected chi connectivity index (χ1v) is 5.52. The summed E-state index contributed by atoms with van der Waals surface area (Å²) >= 11 is 16.8. The van der Waals surface area contributed by atoms with E-state index >= 15 is 0 Å². The molecule has 0 aliphatic rings. The van der Waals surface area contributed by atoms with E-state index in [0.29, 0.717) is 6.54 Å². The van der Waals surface area contributed by atoms with Crippen LogP contribution in [0.2, 0.25) is 0 Å². The van der Waals surface area contributed by atoms with Crippen LogP contribution in [0.4, 0.5) is 0 Å². The van der Waals surface area contributed by atoms with Crippen molar-refractivity contribution >= 4 is 34.8 Å². The molecule has 0 spiro atoms. The van der Waals surface area contributed by atoms with Crippen molar-refractivity contribution in [3.8, 4) is 0 Å². The van der Waals surface area contributed by atoms with Gasteiger partial charge in [0.15, 0.2) is 0 Å². The van der Waals surface area contributed by atoms with Gasteiger partial charge in [0, 0.05) is 0 Å². The summed E-state index contributed by atoms with van der Waals surface area (Å²) in [5.41, 5.74) is 0. The van der Waals surface area contributed by atoms with Gasteiger partial charge in [-0.3, -0.25) is 0 Å². The van der Waals surface area contributed by atoms with E-state index < -0.39 is 3.79 Å². The molecule has 7 heteroatoms. The standard InChI is InChI=1S/C7H11Cl3N4/c1-2-3-4-5-14-12-6(11-13-14)7(8,9)10/h2-5H2,1H3. The first-order valence-electron chi connectivity index (χ1n) is 4.39. The fourth-order valence-electron chi connectivity index (χ4n) is 0.955. The minimum absolute atomic E-state index is 0.124. The van der Waals surface area contributed by atoms with Crippen LogP contribution in [0.5, 0.6) is 0 Å². The maximum atomic E-state index is 5.59. The predicted molar refractivity (Wildman–Crippen MR) is 56.6 cm³/mol. The molecule has 0 radical (unpaired) electrons. The van der Waals surface area contributed by atoms with Crippen LogP contribution in [0.1, 0.15) is 32.0 Å². The maximum Gasteiger partial charge on any atom is 0.253 e. The van der Waals surface area contributed by atoms with Gasteiger partial charge in [-0.1, -0.05) is 54.6 Å². The van der Waals surface area contributed by atoms with Gasteiger partial charge in [-0.05, 0) is 11.6 Å². The summed E-state index contributed by atoms with van der Waals surface area (Å²) in [7, 11) is 0. The summed E-state index contributed by atoms with van der Waals surface area (Å²) in [6, 6.07) is 0. The fraction of sp³-hybridized carbons (Fsp3) is 0.857. The van der Waals surface area contributed by atoms with Crippen LogP contribution in [-0.4, -0.2) is 20.2 Å². The lowest BCUT2D eigenvalue weighted by Crippen LogP contribution is -2.06. The van der Waals surface area contributed by atoms with Crippen molar-refractivity contribution in [1.29, 1.82) is 0 Å². The average molecular weight is 258 g/mol. The van der Waals surface area contributed by atoms with Crippen LogP contribution in [0.15, 0.2) is 0 Å². The number of hydrogen-bond acceptors (Lipinski definition) is 3. The van der Waals surface area contributed by atoms with E-state index in [2.05, 4.69) is 22.3 Å². The van der Waals surface area contributed by atoms with Crippen molar-refractivity contribution in [2.75, 3.05) is 0 Å². The normalized spacial score (nSPS) is 12.0. The molecule has 0 aliphatic heterocycles. The van der Waals surface area contributed by atoms with E-state index in [-0.39, 0.29) is 5.82 Å². The molecule has 0 saturated carbocycles. The Morgan fingerprint density at radius 3 is 2.50 bits per heavy atom. The lowest BCUT2D eigenvalue weighted by molar-refractivity contribution is 0.484. The molecule has 1 rings (SSSR count). The summed E-state index contributed by atoms with van der Waals surface area (Å²) < 4.78 is -1.58. The second-order valence-corrected chi connectivity index (χ2v) is 5.20. The average Bonchev–Trinajstić information content (AvgIpc) is 2.52. The van der Waals surface area contributed by atoms with Gasteiger partial charge < -0.3 is 0 Å². The molecule has 0 saturated heterocycles. The number of aromatic nitrogens is 4. The van der Waals surface area contributed by atoms with Crippen molar-refractivity contribution in [1.82, 2.24) is 20.2 Å². The number of nitrogens with zero attached hydrogens (tertiary/aromatic N) is 4. The van der Waals surface area contributed by atoms with Gasteiger partial charge in [0.1, 0.15) is 0 Å². The highest BCUT2D eigenvalue weighted by molar-refractivity contribution is 6.66. The molecule has 1 heterocycles. The molecular formula is C7H11Cl3N4. The van der Waals surface area contributed by atoms with Crippen LogP contribution < -0.4 is 0 Å². The van der Waals surface area contributed by atoms with Crippen LogP contribution in [-0.2, 0) is 10.3 Å². The van der Waals surface area contributed by atoms with Gasteiger partial charge >= 0.3 is 0 Å². The monoisotopic (exact) mass is 256 g/mol. The van der Waals surface area contributed by atoms with E-state index in [9.17, 15) is 0 Å². The van der Waals surface area contributed by atoms with E-state index in [1.165, 1.54) is 4.80 Å². The third-order valence-corrected chi connectivity index (χ3v) is 2.18. The molecule has 0 fully saturated rings. The van der Waals surface area contributed by atoms with Crippen LogP contribution in [0.25, 0.3) is 0 Å². The zero-order chi connectivity index (χ0) is 10.6. The summed E-state index contributed by atoms with van der Waals surface area (Å²) in [4.78, 5) is 1.45. The molecule has 0 atom stereocenters. The molecule has 80 valence electrons. The van der Waals surface area contributed by atoms with Gasteiger partial charge in [0.25, 0.3) is 3.79 Å². The molecular weight excluding hydrogens is 246 g/mol. The Morgan fingerprint density at radius 2 is 2.00 bits per heavy atom. The van der Waals surface area contributed by atoms with Gasteiger partial charge in [0.2, 0.25) is 5.82 Å². The highest BCUT2D eigenvalue weighted by Gasteiger charge is 2.28. The Bertz CT molecular complexity index is 281. The first-order chi connectivity index (χ1) is 6.54. The summed E-state index contributed by atoms with van der Waals surface area (Å²) in [5.74, 6) is 0.124. The number of rotatable bonds is 4. The second-order valence-electron chi connectivity index (χ2n) is 2.91. The Hall–Kier alpha value is -0.0600. The smallest absolute Gasteiger partial charge is 0.164 e. The van der Waals surface area contributed by atoms with Crippen LogP contribution >= 0.6 is 34.8 Å². The SMILES string of the molecule is CCCCCn1nnc(C(Cl)(Cl)Cl)n1. The zero-order valence-electron chi connectivity index (χ0n) is 7.75. The van der Waals surface area contributed by atoms with Crippen molar-refractivity contribution in [3.63, 3.8) is 0 Å². The van der Waals surface area contributed by atoms with E-state index in [1.807, 2.05) is 0 Å². The Kier molecular flexibility index (Phi) is 4.41. The molecule has 14 heavy (non-hydrogen) atoms. The molecule has 1 aromatic rings. The highest BCUT2D eigenvalue weighted by atomic mass is 35.6. The summed E-state index contributed by atoms with van der Waals surface area (Å²) in [5, 5.41) is 11.4. The molecule has 0 amide bonds. The molecule has 0 aromatic carbocycles. The molecule has 0 unspecified atom stereocenters. The minimum atomic E-state index is -1.58. The van der Waals surface area contributed by atoms with Gasteiger partial charge in [-0.15, -0.1) is 10.2 Å². The fourth-order valence-corrected chi connectivity index (χ4v) is 1.18. The number of hydrogen-bond donors (Lipinski definition) is 0. The minimum Gasteiger partial charge on any atom is -0.164 e. The third kappa shape index (κ3) is 3.59. The van der Waals surface area contributed by atoms with Crippen LogP contribution in [0, 0.1) is 0 Å². The van der Waals surface area contributed by atoms with Crippen molar-refractivity contribution < 1.29 is 0 Å². The van der Waals surface area contributed by atoms with Crippen LogP contribution in [0.3, 0.4) is 0 Å². The van der Waals surface area contributed by atoms with Crippen molar-refractivity contribution in [2.45, 2.75) is 36.5 Å². The molecule has 0 aliphatic carbocycles. The molecule has 0 N–H and O–H groups in total. The number of tetrazole rings is 1. The second kappa shape index (κ2) is 5.14. The van der Waals surface area contributed by atoms with Crippen molar-refractivity contribution in [2.24, 2.45) is 0 Å². The Morgan fingerprint density at radius 1 is 1.29 bits per heavy atom. The number of alkyl halides is 3. The quantitative estimate of drug-likeness (QED) is 0.615. The number of unbranched alkanes of at least 4 members (excludes halogenated alkanes) is 2. The number of halogens is 3. The van der Waals surface area contributed by atoms with E-state index in [4.69, 9.17) is 34.8 Å². The molecule has 4 nitrogen and oxygen atoms in total. The van der Waals surface area contributed by atoms with Crippen molar-refractivity contribution in [3.05, 3.63) is 5.82 Å². The third-order valence-electron chi connectivity index (χ3n) is 1.67. The highest BCUT2D eigenvalue weighted by Crippen LogP contribution is 2.35. The molecule has 1 aromatic heterocycles. The van der Waals surface area contributed by atoms with Gasteiger partial charge in [-0.2, -0.15) is 4.80 Å². The largest absolute Gasteiger partial charge is 0.253 e. The topological polar surface area (TPSA) is 43.6 Å². The Labute approximate surface area is 97.5 Å². The number of aryl methyl sites for hydroxylation is 1. The molecule has 0 bridgehead atoms. The van der Waals surface area contributed by atoms with E-state index in [0.717, 1.165) is 19.3 Å². The summed E-state index contributed by atoms with van der Waals surface area (Å²) in [6.45, 7) is 2.84.